The molecule has 0 radical (unpaired) electrons. The molecule has 19 heavy (non-hydrogen) atoms. The Hall–Kier alpha value is -1.20. The van der Waals surface area contributed by atoms with Crippen molar-refractivity contribution in [2.45, 2.75) is 31.0 Å². The first kappa shape index (κ1) is 14.2. The Morgan fingerprint density at radius 1 is 1.32 bits per heavy atom. The maximum Gasteiger partial charge on any atom is 0.233 e. The Balaban J connectivity index is 1.85. The molecule has 4 nitrogen and oxygen atoms in total. The first-order valence-corrected chi connectivity index (χ1v) is 7.44. The molecule has 1 saturated heterocycles. The van der Waals surface area contributed by atoms with Gasteiger partial charge in [0.25, 0.3) is 0 Å². The normalized spacial score (nSPS) is 23.4. The number of nitrogens with zero attached hydrogens (tertiary/aromatic N) is 1. The molecule has 1 heterocycles. The van der Waals surface area contributed by atoms with E-state index in [1.165, 1.54) is 0 Å². The Labute approximate surface area is 118 Å². The largest absolute Gasteiger partial charge is 0.399 e. The van der Waals surface area contributed by atoms with Crippen molar-refractivity contribution in [2.75, 3.05) is 24.6 Å². The number of anilines is 1. The minimum Gasteiger partial charge on any atom is -0.399 e. The van der Waals surface area contributed by atoms with Gasteiger partial charge in [-0.3, -0.25) is 4.79 Å². The number of morpholine rings is 1. The highest BCUT2D eigenvalue weighted by Crippen LogP contribution is 2.20. The number of benzene rings is 1. The second-order valence-electron chi connectivity index (χ2n) is 4.91. The molecule has 104 valence electrons. The van der Waals surface area contributed by atoms with Crippen LogP contribution in [-0.2, 0) is 9.53 Å². The van der Waals surface area contributed by atoms with Crippen molar-refractivity contribution in [3.05, 3.63) is 24.3 Å². The van der Waals surface area contributed by atoms with Gasteiger partial charge in [0.1, 0.15) is 0 Å². The zero-order chi connectivity index (χ0) is 13.8. The molecular weight excluding hydrogens is 260 g/mol. The lowest BCUT2D eigenvalue weighted by molar-refractivity contribution is -0.140. The van der Waals surface area contributed by atoms with Crippen LogP contribution in [0.3, 0.4) is 0 Å². The summed E-state index contributed by atoms with van der Waals surface area (Å²) in [5, 5.41) is 0. The van der Waals surface area contributed by atoms with Gasteiger partial charge in [0.05, 0.1) is 18.0 Å². The smallest absolute Gasteiger partial charge is 0.233 e. The Morgan fingerprint density at radius 2 is 1.89 bits per heavy atom. The quantitative estimate of drug-likeness (QED) is 0.679. The second kappa shape index (κ2) is 6.30. The predicted molar refractivity (Wildman–Crippen MR) is 78.2 cm³/mol. The average Bonchev–Trinajstić information content (AvgIpc) is 2.36. The molecule has 1 aliphatic heterocycles. The maximum absolute atomic E-state index is 12.2. The highest BCUT2D eigenvalue weighted by atomic mass is 32.2. The zero-order valence-corrected chi connectivity index (χ0v) is 12.2. The van der Waals surface area contributed by atoms with Gasteiger partial charge in [0, 0.05) is 23.7 Å². The van der Waals surface area contributed by atoms with Crippen LogP contribution in [0.1, 0.15) is 13.8 Å². The molecule has 0 aliphatic carbocycles. The summed E-state index contributed by atoms with van der Waals surface area (Å²) in [5.41, 5.74) is 6.37. The molecule has 1 fully saturated rings. The van der Waals surface area contributed by atoms with Crippen LogP contribution in [0.25, 0.3) is 0 Å². The number of hydrogen-bond acceptors (Lipinski definition) is 4. The summed E-state index contributed by atoms with van der Waals surface area (Å²) in [6.45, 7) is 5.38. The van der Waals surface area contributed by atoms with Crippen molar-refractivity contribution in [3.63, 3.8) is 0 Å². The standard InChI is InChI=1S/C14H20N2O2S/c1-10-7-16(8-11(2)18-10)14(17)9-19-13-5-3-12(15)4-6-13/h3-6,10-11H,7-9,15H2,1-2H3. The summed E-state index contributed by atoms with van der Waals surface area (Å²) in [5.74, 6) is 0.632. The van der Waals surface area contributed by atoms with Crippen molar-refractivity contribution in [3.8, 4) is 0 Å². The molecule has 2 unspecified atom stereocenters. The lowest BCUT2D eigenvalue weighted by atomic mass is 10.2. The maximum atomic E-state index is 12.2. The summed E-state index contributed by atoms with van der Waals surface area (Å²) in [7, 11) is 0. The molecule has 0 saturated carbocycles. The van der Waals surface area contributed by atoms with E-state index in [-0.39, 0.29) is 18.1 Å². The number of carbonyl (C=O) groups is 1. The summed E-state index contributed by atoms with van der Waals surface area (Å²) < 4.78 is 5.63. The minimum absolute atomic E-state index is 0.120. The zero-order valence-electron chi connectivity index (χ0n) is 11.3. The van der Waals surface area contributed by atoms with E-state index in [0.29, 0.717) is 18.8 Å². The molecule has 2 atom stereocenters. The van der Waals surface area contributed by atoms with Crippen molar-refractivity contribution in [2.24, 2.45) is 0 Å². The van der Waals surface area contributed by atoms with Crippen LogP contribution in [0.15, 0.2) is 29.2 Å². The predicted octanol–water partition coefficient (Wildman–Crippen LogP) is 2.00. The van der Waals surface area contributed by atoms with E-state index in [1.807, 2.05) is 43.0 Å². The third kappa shape index (κ3) is 4.14. The van der Waals surface area contributed by atoms with Crippen LogP contribution >= 0.6 is 11.8 Å². The first-order chi connectivity index (χ1) is 9.04. The van der Waals surface area contributed by atoms with E-state index in [1.54, 1.807) is 11.8 Å². The van der Waals surface area contributed by atoms with Crippen molar-refractivity contribution < 1.29 is 9.53 Å². The molecule has 1 aromatic carbocycles. The summed E-state index contributed by atoms with van der Waals surface area (Å²) in [6, 6.07) is 7.59. The summed E-state index contributed by atoms with van der Waals surface area (Å²) >= 11 is 1.55. The van der Waals surface area contributed by atoms with E-state index in [0.717, 1.165) is 10.6 Å². The van der Waals surface area contributed by atoms with Crippen LogP contribution < -0.4 is 5.73 Å². The van der Waals surface area contributed by atoms with Crippen LogP contribution in [0.5, 0.6) is 0 Å². The number of thioether (sulfide) groups is 1. The average molecular weight is 280 g/mol. The fourth-order valence-electron chi connectivity index (χ4n) is 2.18. The van der Waals surface area contributed by atoms with Crippen LogP contribution in [-0.4, -0.2) is 41.9 Å². The van der Waals surface area contributed by atoms with Gasteiger partial charge < -0.3 is 15.4 Å². The highest BCUT2D eigenvalue weighted by Gasteiger charge is 2.25. The van der Waals surface area contributed by atoms with E-state index < -0.39 is 0 Å². The number of carbonyl (C=O) groups excluding carboxylic acids is 1. The van der Waals surface area contributed by atoms with Crippen LogP contribution in [0, 0.1) is 0 Å². The van der Waals surface area contributed by atoms with Crippen LogP contribution in [0.2, 0.25) is 0 Å². The molecule has 2 rings (SSSR count). The van der Waals surface area contributed by atoms with Crippen LogP contribution in [0.4, 0.5) is 5.69 Å². The van der Waals surface area contributed by atoms with E-state index in [9.17, 15) is 4.79 Å². The molecule has 5 heteroatoms. The Morgan fingerprint density at radius 3 is 2.47 bits per heavy atom. The first-order valence-electron chi connectivity index (χ1n) is 6.46. The molecule has 1 aliphatic rings. The van der Waals surface area contributed by atoms with Gasteiger partial charge in [0.15, 0.2) is 0 Å². The third-order valence-corrected chi connectivity index (χ3v) is 4.01. The number of nitrogens with two attached hydrogens (primary N) is 1. The molecule has 0 aromatic heterocycles. The van der Waals surface area contributed by atoms with E-state index in [4.69, 9.17) is 10.5 Å². The summed E-state index contributed by atoms with van der Waals surface area (Å²) in [4.78, 5) is 15.1. The lowest BCUT2D eigenvalue weighted by Crippen LogP contribution is -2.48. The molecule has 0 bridgehead atoms. The molecule has 1 aromatic rings. The molecule has 1 amide bonds. The number of rotatable bonds is 3. The fourth-order valence-corrected chi connectivity index (χ4v) is 2.98. The van der Waals surface area contributed by atoms with Gasteiger partial charge in [0.2, 0.25) is 5.91 Å². The number of amides is 1. The van der Waals surface area contributed by atoms with Crippen molar-refractivity contribution in [1.29, 1.82) is 0 Å². The van der Waals surface area contributed by atoms with E-state index >= 15 is 0 Å². The number of nitrogen functional groups attached to an aromatic ring is 1. The van der Waals surface area contributed by atoms with Gasteiger partial charge in [-0.25, -0.2) is 0 Å². The number of ether oxygens (including phenoxy) is 1. The number of hydrogen-bond donors (Lipinski definition) is 1. The molecule has 2 N–H and O–H groups in total. The van der Waals surface area contributed by atoms with Crippen molar-refractivity contribution in [1.82, 2.24) is 4.90 Å². The topological polar surface area (TPSA) is 55.6 Å². The minimum atomic E-state index is 0.120. The van der Waals surface area contributed by atoms with Crippen molar-refractivity contribution >= 4 is 23.4 Å². The van der Waals surface area contributed by atoms with Gasteiger partial charge in [-0.2, -0.15) is 0 Å². The lowest BCUT2D eigenvalue weighted by Gasteiger charge is -2.35. The third-order valence-electron chi connectivity index (χ3n) is 3.01. The Kier molecular flexibility index (Phi) is 4.71. The SMILES string of the molecule is CC1CN(C(=O)CSc2ccc(N)cc2)CC(C)O1. The van der Waals surface area contributed by atoms with Gasteiger partial charge in [-0.05, 0) is 38.1 Å². The summed E-state index contributed by atoms with van der Waals surface area (Å²) in [6.07, 6.45) is 0.239. The van der Waals surface area contributed by atoms with Gasteiger partial charge in [-0.1, -0.05) is 0 Å². The Bertz CT molecular complexity index is 426. The second-order valence-corrected chi connectivity index (χ2v) is 5.96. The highest BCUT2D eigenvalue weighted by molar-refractivity contribution is 8.00. The molecule has 0 spiro atoms. The van der Waals surface area contributed by atoms with Gasteiger partial charge in [-0.15, -0.1) is 11.8 Å². The van der Waals surface area contributed by atoms with E-state index in [2.05, 4.69) is 0 Å². The monoisotopic (exact) mass is 280 g/mol. The fraction of sp³-hybridized carbons (Fsp3) is 0.500. The van der Waals surface area contributed by atoms with Gasteiger partial charge >= 0.3 is 0 Å². The molecular formula is C14H20N2O2S.